The van der Waals surface area contributed by atoms with Crippen LogP contribution in [0.15, 0.2) is 35.0 Å². The number of amides is 1. The van der Waals surface area contributed by atoms with Crippen LogP contribution in [0.25, 0.3) is 0 Å². The van der Waals surface area contributed by atoms with E-state index in [4.69, 9.17) is 21.4 Å². The molecule has 1 amide bonds. The number of halogens is 1. The van der Waals surface area contributed by atoms with Crippen LogP contribution in [0.4, 0.5) is 5.69 Å². The lowest BCUT2D eigenvalue weighted by atomic mass is 10.2. The Kier molecular flexibility index (Phi) is 5.19. The number of hydrogen-bond donors (Lipinski definition) is 2. The third kappa shape index (κ3) is 4.77. The molecule has 1 aromatic carbocycles. The third-order valence-electron chi connectivity index (χ3n) is 2.51. The van der Waals surface area contributed by atoms with E-state index in [0.29, 0.717) is 12.1 Å². The van der Waals surface area contributed by atoms with Crippen LogP contribution >= 0.6 is 22.9 Å². The van der Waals surface area contributed by atoms with Gasteiger partial charge in [0.2, 0.25) is 5.91 Å². The van der Waals surface area contributed by atoms with Gasteiger partial charge in [-0.15, -0.1) is 0 Å². The minimum atomic E-state index is -1.08. The fourth-order valence-corrected chi connectivity index (χ4v) is 2.52. The average molecular weight is 326 g/mol. The SMILES string of the molecule is O=C(O)COc1ccc(NC(=O)Cc2ccsc2)cc1Cl. The molecule has 0 spiro atoms. The van der Waals surface area contributed by atoms with E-state index in [9.17, 15) is 9.59 Å². The van der Waals surface area contributed by atoms with Crippen LogP contribution in [-0.4, -0.2) is 23.6 Å². The standard InChI is InChI=1S/C14H12ClNO4S/c15-11-6-10(1-2-12(11)20-7-14(18)19)16-13(17)5-9-3-4-21-8-9/h1-4,6,8H,5,7H2,(H,16,17)(H,18,19). The van der Waals surface area contributed by atoms with Crippen LogP contribution in [0.3, 0.4) is 0 Å². The molecule has 0 aliphatic heterocycles. The predicted octanol–water partition coefficient (Wildman–Crippen LogP) is 3.05. The first-order valence-corrected chi connectivity index (χ1v) is 7.32. The number of hydrogen-bond acceptors (Lipinski definition) is 4. The van der Waals surface area contributed by atoms with E-state index in [1.165, 1.54) is 23.5 Å². The van der Waals surface area contributed by atoms with E-state index in [2.05, 4.69) is 5.32 Å². The zero-order valence-electron chi connectivity index (χ0n) is 10.8. The summed E-state index contributed by atoms with van der Waals surface area (Å²) in [5.74, 6) is -0.974. The molecule has 2 N–H and O–H groups in total. The summed E-state index contributed by atoms with van der Waals surface area (Å²) >= 11 is 7.51. The molecule has 110 valence electrons. The van der Waals surface area contributed by atoms with Crippen molar-refractivity contribution in [2.45, 2.75) is 6.42 Å². The lowest BCUT2D eigenvalue weighted by Crippen LogP contribution is -2.14. The second kappa shape index (κ2) is 7.10. The Hall–Kier alpha value is -2.05. The normalized spacial score (nSPS) is 10.1. The molecule has 0 unspecified atom stereocenters. The number of carbonyl (C=O) groups is 2. The Bertz CT molecular complexity index is 642. The zero-order chi connectivity index (χ0) is 15.2. The van der Waals surface area contributed by atoms with Gasteiger partial charge in [-0.3, -0.25) is 4.79 Å². The monoisotopic (exact) mass is 325 g/mol. The number of ether oxygens (including phenoxy) is 1. The second-order valence-corrected chi connectivity index (χ2v) is 5.37. The van der Waals surface area contributed by atoms with Gasteiger partial charge in [0.15, 0.2) is 6.61 Å². The van der Waals surface area contributed by atoms with Crippen molar-refractivity contribution in [2.24, 2.45) is 0 Å². The van der Waals surface area contributed by atoms with Gasteiger partial charge in [-0.1, -0.05) is 11.6 Å². The van der Waals surface area contributed by atoms with Crippen molar-refractivity contribution in [3.8, 4) is 5.75 Å². The molecule has 21 heavy (non-hydrogen) atoms. The van der Waals surface area contributed by atoms with Gasteiger partial charge in [0.05, 0.1) is 11.4 Å². The summed E-state index contributed by atoms with van der Waals surface area (Å²) in [6.45, 7) is -0.469. The average Bonchev–Trinajstić information content (AvgIpc) is 2.90. The lowest BCUT2D eigenvalue weighted by molar-refractivity contribution is -0.139. The van der Waals surface area contributed by atoms with Crippen LogP contribution in [0.5, 0.6) is 5.75 Å². The van der Waals surface area contributed by atoms with Crippen molar-refractivity contribution in [1.29, 1.82) is 0 Å². The van der Waals surface area contributed by atoms with Gasteiger partial charge < -0.3 is 15.2 Å². The first-order valence-electron chi connectivity index (χ1n) is 5.99. The summed E-state index contributed by atoms with van der Waals surface area (Å²) in [6.07, 6.45) is 0.290. The van der Waals surface area contributed by atoms with Crippen LogP contribution in [0, 0.1) is 0 Å². The third-order valence-corrected chi connectivity index (χ3v) is 3.54. The van der Waals surface area contributed by atoms with Gasteiger partial charge >= 0.3 is 5.97 Å². The van der Waals surface area contributed by atoms with Crippen molar-refractivity contribution in [3.05, 3.63) is 45.6 Å². The summed E-state index contributed by atoms with van der Waals surface area (Å²) in [7, 11) is 0. The minimum absolute atomic E-state index is 0.149. The maximum absolute atomic E-state index is 11.8. The molecule has 0 saturated heterocycles. The van der Waals surface area contributed by atoms with Crippen molar-refractivity contribution >= 4 is 40.5 Å². The van der Waals surface area contributed by atoms with E-state index in [1.807, 2.05) is 16.8 Å². The molecule has 1 heterocycles. The number of aliphatic carboxylic acids is 1. The fraction of sp³-hybridized carbons (Fsp3) is 0.143. The number of carbonyl (C=O) groups excluding carboxylic acids is 1. The van der Waals surface area contributed by atoms with Crippen LogP contribution < -0.4 is 10.1 Å². The van der Waals surface area contributed by atoms with Crippen LogP contribution in [0.2, 0.25) is 5.02 Å². The van der Waals surface area contributed by atoms with Crippen molar-refractivity contribution in [2.75, 3.05) is 11.9 Å². The lowest BCUT2D eigenvalue weighted by Gasteiger charge is -2.09. The van der Waals surface area contributed by atoms with Crippen molar-refractivity contribution < 1.29 is 19.4 Å². The largest absolute Gasteiger partial charge is 0.480 e. The highest BCUT2D eigenvalue weighted by atomic mass is 35.5. The molecule has 2 rings (SSSR count). The molecule has 0 aliphatic carbocycles. The van der Waals surface area contributed by atoms with Crippen LogP contribution in [0.1, 0.15) is 5.56 Å². The fourth-order valence-electron chi connectivity index (χ4n) is 1.62. The smallest absolute Gasteiger partial charge is 0.341 e. The first-order chi connectivity index (χ1) is 10.0. The molecule has 0 bridgehead atoms. The topological polar surface area (TPSA) is 75.6 Å². The number of benzene rings is 1. The molecule has 0 aliphatic rings. The van der Waals surface area contributed by atoms with Gasteiger partial charge in [0.1, 0.15) is 5.75 Å². The molecule has 2 aromatic rings. The zero-order valence-corrected chi connectivity index (χ0v) is 12.4. The number of rotatable bonds is 6. The maximum atomic E-state index is 11.8. The van der Waals surface area contributed by atoms with E-state index >= 15 is 0 Å². The van der Waals surface area contributed by atoms with Crippen molar-refractivity contribution in [3.63, 3.8) is 0 Å². The summed E-state index contributed by atoms with van der Waals surface area (Å²) in [5.41, 5.74) is 1.48. The van der Waals surface area contributed by atoms with E-state index in [0.717, 1.165) is 5.56 Å². The summed E-state index contributed by atoms with van der Waals surface area (Å²) in [5, 5.41) is 15.3. The molecular weight excluding hydrogens is 314 g/mol. The Labute approximate surface area is 130 Å². The Morgan fingerprint density at radius 1 is 1.33 bits per heavy atom. The highest BCUT2D eigenvalue weighted by molar-refractivity contribution is 7.08. The highest BCUT2D eigenvalue weighted by Crippen LogP contribution is 2.27. The van der Waals surface area contributed by atoms with Gasteiger partial charge in [0.25, 0.3) is 0 Å². The first kappa shape index (κ1) is 15.3. The van der Waals surface area contributed by atoms with E-state index < -0.39 is 12.6 Å². The number of carboxylic acids is 1. The van der Waals surface area contributed by atoms with E-state index in [1.54, 1.807) is 6.07 Å². The predicted molar refractivity (Wildman–Crippen MR) is 81.2 cm³/mol. The van der Waals surface area contributed by atoms with Gasteiger partial charge in [-0.25, -0.2) is 4.79 Å². The Balaban J connectivity index is 1.96. The number of carboxylic acid groups (broad SMARTS) is 1. The molecule has 0 fully saturated rings. The van der Waals surface area contributed by atoms with Gasteiger partial charge in [-0.05, 0) is 40.6 Å². The van der Waals surface area contributed by atoms with Gasteiger partial charge in [-0.2, -0.15) is 11.3 Å². The Morgan fingerprint density at radius 2 is 2.14 bits per heavy atom. The van der Waals surface area contributed by atoms with Gasteiger partial charge in [0, 0.05) is 5.69 Å². The van der Waals surface area contributed by atoms with Crippen molar-refractivity contribution in [1.82, 2.24) is 0 Å². The van der Waals surface area contributed by atoms with E-state index in [-0.39, 0.29) is 16.7 Å². The quantitative estimate of drug-likeness (QED) is 0.856. The maximum Gasteiger partial charge on any atom is 0.341 e. The highest BCUT2D eigenvalue weighted by Gasteiger charge is 2.08. The molecule has 5 nitrogen and oxygen atoms in total. The molecule has 0 radical (unpaired) electrons. The summed E-state index contributed by atoms with van der Waals surface area (Å²) < 4.78 is 5.00. The number of nitrogens with one attached hydrogen (secondary N) is 1. The molecule has 7 heteroatoms. The Morgan fingerprint density at radius 3 is 2.76 bits per heavy atom. The molecular formula is C14H12ClNO4S. The number of anilines is 1. The molecule has 0 saturated carbocycles. The molecule has 0 atom stereocenters. The minimum Gasteiger partial charge on any atom is -0.480 e. The molecule has 1 aromatic heterocycles. The summed E-state index contributed by atoms with van der Waals surface area (Å²) in [6, 6.07) is 6.53. The second-order valence-electron chi connectivity index (χ2n) is 4.18. The summed E-state index contributed by atoms with van der Waals surface area (Å²) in [4.78, 5) is 22.3. The van der Waals surface area contributed by atoms with Crippen LogP contribution in [-0.2, 0) is 16.0 Å². The number of thiophene rings is 1.